The minimum absolute atomic E-state index is 0.686. The van der Waals surface area contributed by atoms with E-state index in [0.717, 1.165) is 12.1 Å². The van der Waals surface area contributed by atoms with Crippen molar-refractivity contribution in [1.29, 1.82) is 0 Å². The maximum atomic E-state index is 5.54. The zero-order valence-electron chi connectivity index (χ0n) is 7.94. The van der Waals surface area contributed by atoms with Crippen LogP contribution in [0.25, 0.3) is 0 Å². The van der Waals surface area contributed by atoms with Crippen LogP contribution in [0.4, 0.5) is 0 Å². The number of allylic oxidation sites excluding steroid dienone is 2. The van der Waals surface area contributed by atoms with Crippen LogP contribution in [0.3, 0.4) is 0 Å². The second kappa shape index (κ2) is 8.54. The molecule has 0 bridgehead atoms. The molecule has 0 aliphatic heterocycles. The lowest BCUT2D eigenvalue weighted by molar-refractivity contribution is 0.637. The van der Waals surface area contributed by atoms with Crippen molar-refractivity contribution >= 4 is 0 Å². The van der Waals surface area contributed by atoms with Gasteiger partial charge >= 0.3 is 0 Å². The zero-order valence-corrected chi connectivity index (χ0v) is 7.94. The topological polar surface area (TPSA) is 26.0 Å². The first-order chi connectivity index (χ1) is 4.66. The highest BCUT2D eigenvalue weighted by atomic mass is 14.6. The first-order valence-corrected chi connectivity index (χ1v) is 4.07. The van der Waals surface area contributed by atoms with Gasteiger partial charge in [-0.2, -0.15) is 0 Å². The molecule has 10 heavy (non-hydrogen) atoms. The summed E-state index contributed by atoms with van der Waals surface area (Å²) in [6, 6.07) is 0. The molecule has 0 aliphatic rings. The van der Waals surface area contributed by atoms with Crippen LogP contribution in [0, 0.1) is 5.92 Å². The molecule has 0 saturated heterocycles. The minimum Gasteiger partial charge on any atom is -0.402 e. The van der Waals surface area contributed by atoms with Gasteiger partial charge in [-0.3, -0.25) is 0 Å². The van der Waals surface area contributed by atoms with E-state index in [2.05, 4.69) is 13.8 Å². The van der Waals surface area contributed by atoms with Crippen molar-refractivity contribution in [3.05, 3.63) is 11.8 Å². The second-order valence-electron chi connectivity index (χ2n) is 2.46. The van der Waals surface area contributed by atoms with Gasteiger partial charge in [-0.15, -0.1) is 0 Å². The van der Waals surface area contributed by atoms with Crippen LogP contribution in [-0.2, 0) is 0 Å². The van der Waals surface area contributed by atoms with Crippen molar-refractivity contribution < 1.29 is 0 Å². The van der Waals surface area contributed by atoms with Gasteiger partial charge in [0.2, 0.25) is 0 Å². The monoisotopic (exact) mass is 143 g/mol. The van der Waals surface area contributed by atoms with Crippen molar-refractivity contribution in [2.45, 2.75) is 41.0 Å². The van der Waals surface area contributed by atoms with Gasteiger partial charge in [-0.05, 0) is 19.3 Å². The Labute approximate surface area is 65.3 Å². The molecule has 2 N–H and O–H groups in total. The van der Waals surface area contributed by atoms with E-state index in [1.54, 1.807) is 0 Å². The van der Waals surface area contributed by atoms with E-state index in [0.29, 0.717) is 5.92 Å². The van der Waals surface area contributed by atoms with E-state index in [1.807, 2.05) is 26.8 Å². The van der Waals surface area contributed by atoms with Crippen LogP contribution in [0.5, 0.6) is 0 Å². The molecule has 0 aromatic carbocycles. The Morgan fingerprint density at radius 3 is 1.90 bits per heavy atom. The molecule has 0 amide bonds. The molecule has 0 saturated carbocycles. The van der Waals surface area contributed by atoms with Crippen molar-refractivity contribution in [2.75, 3.05) is 0 Å². The smallest absolute Gasteiger partial charge is 0.00397 e. The average molecular weight is 143 g/mol. The summed E-state index contributed by atoms with van der Waals surface area (Å²) in [5.74, 6) is 0.686. The van der Waals surface area contributed by atoms with Gasteiger partial charge in [0.15, 0.2) is 0 Å². The minimum atomic E-state index is 0.686. The molecule has 0 aromatic heterocycles. The molecule has 1 heteroatoms. The summed E-state index contributed by atoms with van der Waals surface area (Å²) in [6.07, 6.45) is 2.98. The Bertz CT molecular complexity index is 82.7. The molecule has 0 fully saturated rings. The highest BCUT2D eigenvalue weighted by molar-refractivity contribution is 4.93. The normalized spacial score (nSPS) is 10.8. The van der Waals surface area contributed by atoms with Crippen LogP contribution in [0.1, 0.15) is 41.0 Å². The third-order valence-electron chi connectivity index (χ3n) is 1.01. The maximum Gasteiger partial charge on any atom is 0.00397 e. The quantitative estimate of drug-likeness (QED) is 0.632. The first kappa shape index (κ1) is 12.2. The van der Waals surface area contributed by atoms with E-state index in [9.17, 15) is 0 Å². The molecule has 1 nitrogen and oxygen atoms in total. The number of nitrogens with two attached hydrogens (primary N) is 1. The molecular formula is C9H21N. The van der Waals surface area contributed by atoms with Crippen molar-refractivity contribution in [2.24, 2.45) is 11.7 Å². The third kappa shape index (κ3) is 10.5. The fourth-order valence-electron chi connectivity index (χ4n) is 0.589. The Hall–Kier alpha value is -0.460. The molecule has 0 unspecified atom stereocenters. The molecular weight excluding hydrogens is 122 g/mol. The van der Waals surface area contributed by atoms with Crippen LogP contribution in [-0.4, -0.2) is 0 Å². The summed E-state index contributed by atoms with van der Waals surface area (Å²) < 4.78 is 0. The fourth-order valence-corrected chi connectivity index (χ4v) is 0.589. The highest BCUT2D eigenvalue weighted by Crippen LogP contribution is 2.03. The largest absolute Gasteiger partial charge is 0.402 e. The third-order valence-corrected chi connectivity index (χ3v) is 1.01. The van der Waals surface area contributed by atoms with Crippen molar-refractivity contribution in [1.82, 2.24) is 0 Å². The predicted octanol–water partition coefficient (Wildman–Crippen LogP) is 2.92. The van der Waals surface area contributed by atoms with Gasteiger partial charge in [-0.25, -0.2) is 0 Å². The molecule has 0 heterocycles. The SMILES string of the molecule is C/C=C(/N)CC(C)C.CC. The van der Waals surface area contributed by atoms with Gasteiger partial charge in [0.25, 0.3) is 0 Å². The molecule has 0 rings (SSSR count). The van der Waals surface area contributed by atoms with Crippen LogP contribution in [0.2, 0.25) is 0 Å². The lowest BCUT2D eigenvalue weighted by atomic mass is 10.1. The molecule has 0 spiro atoms. The number of rotatable bonds is 2. The molecule has 0 aromatic rings. The highest BCUT2D eigenvalue weighted by Gasteiger charge is 1.92. The number of hydrogen-bond acceptors (Lipinski definition) is 1. The second-order valence-corrected chi connectivity index (χ2v) is 2.46. The summed E-state index contributed by atoms with van der Waals surface area (Å²) >= 11 is 0. The average Bonchev–Trinajstić information content (AvgIpc) is 1.91. The molecule has 0 aliphatic carbocycles. The van der Waals surface area contributed by atoms with Crippen molar-refractivity contribution in [3.8, 4) is 0 Å². The Morgan fingerprint density at radius 1 is 1.40 bits per heavy atom. The van der Waals surface area contributed by atoms with Gasteiger partial charge in [0, 0.05) is 5.70 Å². The van der Waals surface area contributed by atoms with E-state index < -0.39 is 0 Å². The summed E-state index contributed by atoms with van der Waals surface area (Å²) in [5, 5.41) is 0. The first-order valence-electron chi connectivity index (χ1n) is 4.07. The fraction of sp³-hybridized carbons (Fsp3) is 0.778. The molecule has 0 atom stereocenters. The summed E-state index contributed by atoms with van der Waals surface area (Å²) in [6.45, 7) is 10.3. The van der Waals surface area contributed by atoms with Crippen LogP contribution in [0.15, 0.2) is 11.8 Å². The maximum absolute atomic E-state index is 5.54. The standard InChI is InChI=1S/C7H15N.C2H6/c1-4-7(8)5-6(2)3;1-2/h4,6H,5,8H2,1-3H3;1-2H3/b7-4+;. The molecule has 0 radical (unpaired) electrons. The Morgan fingerprint density at radius 2 is 1.80 bits per heavy atom. The van der Waals surface area contributed by atoms with Gasteiger partial charge < -0.3 is 5.73 Å². The van der Waals surface area contributed by atoms with Gasteiger partial charge in [0.05, 0.1) is 0 Å². The molecule has 62 valence electrons. The van der Waals surface area contributed by atoms with Gasteiger partial charge in [-0.1, -0.05) is 33.8 Å². The number of hydrogen-bond donors (Lipinski definition) is 1. The van der Waals surface area contributed by atoms with E-state index in [4.69, 9.17) is 5.73 Å². The van der Waals surface area contributed by atoms with E-state index in [-0.39, 0.29) is 0 Å². The van der Waals surface area contributed by atoms with E-state index in [1.165, 1.54) is 0 Å². The van der Waals surface area contributed by atoms with Crippen molar-refractivity contribution in [3.63, 3.8) is 0 Å². The lowest BCUT2D eigenvalue weighted by Crippen LogP contribution is -2.00. The Kier molecular flexibility index (Phi) is 10.5. The van der Waals surface area contributed by atoms with E-state index >= 15 is 0 Å². The summed E-state index contributed by atoms with van der Waals surface area (Å²) in [4.78, 5) is 0. The summed E-state index contributed by atoms with van der Waals surface area (Å²) in [5.41, 5.74) is 6.54. The van der Waals surface area contributed by atoms with Gasteiger partial charge in [0.1, 0.15) is 0 Å². The zero-order chi connectivity index (χ0) is 8.57. The van der Waals surface area contributed by atoms with Crippen LogP contribution < -0.4 is 5.73 Å². The summed E-state index contributed by atoms with van der Waals surface area (Å²) in [7, 11) is 0. The predicted molar refractivity (Wildman–Crippen MR) is 48.7 cm³/mol. The lowest BCUT2D eigenvalue weighted by Gasteiger charge is -2.01. The van der Waals surface area contributed by atoms with Crippen LogP contribution >= 0.6 is 0 Å². The Balaban J connectivity index is 0.